The number of carbonyl (C=O) groups is 2. The molecule has 8 heteroatoms. The molecule has 4 aromatic rings. The molecule has 8 nitrogen and oxygen atoms in total. The van der Waals surface area contributed by atoms with Gasteiger partial charge in [0.25, 0.3) is 0 Å². The van der Waals surface area contributed by atoms with Gasteiger partial charge in [-0.15, -0.1) is 0 Å². The van der Waals surface area contributed by atoms with Gasteiger partial charge in [0.15, 0.2) is 17.3 Å². The number of esters is 1. The van der Waals surface area contributed by atoms with E-state index in [1.165, 1.54) is 17.4 Å². The summed E-state index contributed by atoms with van der Waals surface area (Å²) in [6.07, 6.45) is 4.85. The highest BCUT2D eigenvalue weighted by molar-refractivity contribution is 6.15. The Morgan fingerprint density at radius 2 is 1.88 bits per heavy atom. The fraction of sp³-hybridized carbons (Fsp3) is 0.212. The first-order chi connectivity index (χ1) is 20.1. The predicted molar refractivity (Wildman–Crippen MR) is 148 cm³/mol. The first-order valence-electron chi connectivity index (χ1n) is 13.5. The number of carbonyl (C=O) groups excluding carboxylic acids is 2. The van der Waals surface area contributed by atoms with Gasteiger partial charge in [-0.25, -0.2) is 0 Å². The van der Waals surface area contributed by atoms with Gasteiger partial charge in [-0.2, -0.15) is 0 Å². The van der Waals surface area contributed by atoms with Crippen molar-refractivity contribution in [2.45, 2.75) is 25.2 Å². The van der Waals surface area contributed by atoms with Crippen molar-refractivity contribution < 1.29 is 37.7 Å². The molecule has 7 rings (SSSR count). The van der Waals surface area contributed by atoms with Crippen LogP contribution in [0.3, 0.4) is 0 Å². The van der Waals surface area contributed by atoms with Crippen LogP contribution in [0.5, 0.6) is 28.7 Å². The number of rotatable bonds is 7. The zero-order chi connectivity index (χ0) is 27.9. The van der Waals surface area contributed by atoms with Crippen LogP contribution in [0.1, 0.15) is 50.7 Å². The number of Topliss-reactive ketones (excluding diaryl/α,β-unsaturated/α-hetero) is 1. The van der Waals surface area contributed by atoms with E-state index in [2.05, 4.69) is 12.1 Å². The number of hydrogen-bond acceptors (Lipinski definition) is 8. The van der Waals surface area contributed by atoms with Crippen LogP contribution in [0.25, 0.3) is 6.08 Å². The van der Waals surface area contributed by atoms with Crippen LogP contribution in [-0.4, -0.2) is 32.1 Å². The second kappa shape index (κ2) is 10.2. The fourth-order valence-corrected chi connectivity index (χ4v) is 5.59. The van der Waals surface area contributed by atoms with E-state index >= 15 is 0 Å². The summed E-state index contributed by atoms with van der Waals surface area (Å²) < 4.78 is 34.4. The average Bonchev–Trinajstić information content (AvgIpc) is 3.74. The Morgan fingerprint density at radius 3 is 2.73 bits per heavy atom. The summed E-state index contributed by atoms with van der Waals surface area (Å²) in [6, 6.07) is 18.6. The third-order valence-corrected chi connectivity index (χ3v) is 7.59. The quantitative estimate of drug-likeness (QED) is 0.160. The van der Waals surface area contributed by atoms with Gasteiger partial charge in [0.05, 0.1) is 38.6 Å². The standard InChI is InChI=1S/C33H26O8/c1-36-28-16-20(5-8-26(28)39-13-10-19-4-7-25-21(15-19)11-14-38-25)24-18-30(34)40-27-9-6-23-32(35)29(41-33(23)31(24)27)17-22-3-2-12-37-22/h2-9,12,15-17,24H,10-11,13-14,18H2,1H3/b29-17-. The minimum Gasteiger partial charge on any atom is -0.493 e. The predicted octanol–water partition coefficient (Wildman–Crippen LogP) is 5.90. The van der Waals surface area contributed by atoms with E-state index in [9.17, 15) is 9.59 Å². The molecule has 4 heterocycles. The van der Waals surface area contributed by atoms with Crippen LogP contribution in [0, 0.1) is 0 Å². The van der Waals surface area contributed by atoms with Crippen LogP contribution in [0.2, 0.25) is 0 Å². The number of furan rings is 1. The molecule has 1 atom stereocenters. The minimum atomic E-state index is -0.409. The lowest BCUT2D eigenvalue weighted by atomic mass is 9.84. The maximum atomic E-state index is 13.1. The summed E-state index contributed by atoms with van der Waals surface area (Å²) in [6.45, 7) is 1.21. The maximum absolute atomic E-state index is 13.1. The molecular weight excluding hydrogens is 524 g/mol. The van der Waals surface area contributed by atoms with Crippen molar-refractivity contribution in [3.05, 3.63) is 106 Å². The van der Waals surface area contributed by atoms with Crippen molar-refractivity contribution in [2.24, 2.45) is 0 Å². The van der Waals surface area contributed by atoms with Crippen molar-refractivity contribution in [1.82, 2.24) is 0 Å². The summed E-state index contributed by atoms with van der Waals surface area (Å²) in [5, 5.41) is 0. The molecular formula is C33H26O8. The highest BCUT2D eigenvalue weighted by atomic mass is 16.5. The van der Waals surface area contributed by atoms with E-state index in [-0.39, 0.29) is 23.9 Å². The topological polar surface area (TPSA) is 93.4 Å². The van der Waals surface area contributed by atoms with Gasteiger partial charge < -0.3 is 28.1 Å². The fourth-order valence-electron chi connectivity index (χ4n) is 5.59. The molecule has 0 fully saturated rings. The Labute approximate surface area is 236 Å². The summed E-state index contributed by atoms with van der Waals surface area (Å²) in [4.78, 5) is 25.7. The number of methoxy groups -OCH3 is 1. The molecule has 0 amide bonds. The van der Waals surface area contributed by atoms with E-state index in [1.54, 1.807) is 37.5 Å². The van der Waals surface area contributed by atoms with E-state index in [0.29, 0.717) is 46.5 Å². The molecule has 3 aliphatic rings. The first kappa shape index (κ1) is 25.0. The Kier molecular flexibility index (Phi) is 6.23. The van der Waals surface area contributed by atoms with Crippen LogP contribution in [-0.2, 0) is 17.6 Å². The van der Waals surface area contributed by atoms with Crippen LogP contribution in [0.15, 0.2) is 77.1 Å². The highest BCUT2D eigenvalue weighted by Gasteiger charge is 2.39. The number of allylic oxidation sites excluding steroid dienone is 1. The van der Waals surface area contributed by atoms with E-state index in [4.69, 9.17) is 28.1 Å². The summed E-state index contributed by atoms with van der Waals surface area (Å²) in [5.41, 5.74) is 4.30. The van der Waals surface area contributed by atoms with Gasteiger partial charge in [0.2, 0.25) is 5.78 Å². The summed E-state index contributed by atoms with van der Waals surface area (Å²) >= 11 is 0. The van der Waals surface area contributed by atoms with Crippen molar-refractivity contribution in [3.8, 4) is 28.7 Å². The van der Waals surface area contributed by atoms with Gasteiger partial charge in [0.1, 0.15) is 23.0 Å². The van der Waals surface area contributed by atoms with Crippen LogP contribution in [0.4, 0.5) is 0 Å². The third-order valence-electron chi connectivity index (χ3n) is 7.59. The van der Waals surface area contributed by atoms with E-state index < -0.39 is 5.92 Å². The number of ketones is 1. The summed E-state index contributed by atoms with van der Waals surface area (Å²) in [7, 11) is 1.58. The Balaban J connectivity index is 1.15. The number of benzene rings is 3. The zero-order valence-corrected chi connectivity index (χ0v) is 22.3. The highest BCUT2D eigenvalue weighted by Crippen LogP contribution is 2.49. The van der Waals surface area contributed by atoms with Crippen molar-refractivity contribution in [1.29, 1.82) is 0 Å². The van der Waals surface area contributed by atoms with E-state index in [0.717, 1.165) is 30.8 Å². The molecule has 0 bridgehead atoms. The number of hydrogen-bond donors (Lipinski definition) is 0. The monoisotopic (exact) mass is 550 g/mol. The molecule has 206 valence electrons. The van der Waals surface area contributed by atoms with Gasteiger partial charge in [-0.05, 0) is 59.2 Å². The molecule has 0 radical (unpaired) electrons. The van der Waals surface area contributed by atoms with Crippen molar-refractivity contribution in [3.63, 3.8) is 0 Å². The third kappa shape index (κ3) is 4.61. The molecule has 0 N–H and O–H groups in total. The molecule has 0 saturated carbocycles. The van der Waals surface area contributed by atoms with E-state index in [1.807, 2.05) is 24.3 Å². The molecule has 3 aromatic carbocycles. The lowest BCUT2D eigenvalue weighted by Crippen LogP contribution is -2.21. The Hall–Kier alpha value is -4.98. The Bertz CT molecular complexity index is 1700. The first-order valence-corrected chi connectivity index (χ1v) is 13.5. The lowest BCUT2D eigenvalue weighted by Gasteiger charge is -2.26. The zero-order valence-electron chi connectivity index (χ0n) is 22.3. The summed E-state index contributed by atoms with van der Waals surface area (Å²) in [5.74, 6) is 2.50. The van der Waals surface area contributed by atoms with Gasteiger partial charge in [0, 0.05) is 30.4 Å². The molecule has 0 aliphatic carbocycles. The van der Waals surface area contributed by atoms with Crippen LogP contribution >= 0.6 is 0 Å². The Morgan fingerprint density at radius 1 is 0.976 bits per heavy atom. The molecule has 41 heavy (non-hydrogen) atoms. The minimum absolute atomic E-state index is 0.0869. The SMILES string of the molecule is COc1cc(C2CC(=O)Oc3ccc4c(c32)O/C(=C\c2ccco2)C4=O)ccc1OCCc1ccc2c(c1)CCO2. The van der Waals surface area contributed by atoms with Crippen molar-refractivity contribution in [2.75, 3.05) is 20.3 Å². The number of ether oxygens (including phenoxy) is 5. The molecule has 1 unspecified atom stereocenters. The lowest BCUT2D eigenvalue weighted by molar-refractivity contribution is -0.135. The van der Waals surface area contributed by atoms with Gasteiger partial charge in [-0.1, -0.05) is 18.2 Å². The number of fused-ring (bicyclic) bond motifs is 4. The molecule has 0 spiro atoms. The smallest absolute Gasteiger partial charge is 0.312 e. The largest absolute Gasteiger partial charge is 0.493 e. The average molecular weight is 551 g/mol. The van der Waals surface area contributed by atoms with Crippen LogP contribution < -0.4 is 23.7 Å². The van der Waals surface area contributed by atoms with Gasteiger partial charge in [-0.3, -0.25) is 9.59 Å². The van der Waals surface area contributed by atoms with Crippen molar-refractivity contribution >= 4 is 17.8 Å². The maximum Gasteiger partial charge on any atom is 0.312 e. The second-order valence-electron chi connectivity index (χ2n) is 10.1. The molecule has 3 aliphatic heterocycles. The molecule has 0 saturated heterocycles. The normalized spacial score (nSPS) is 17.8. The molecule has 1 aromatic heterocycles. The van der Waals surface area contributed by atoms with Gasteiger partial charge >= 0.3 is 5.97 Å². The second-order valence-corrected chi connectivity index (χ2v) is 10.1.